The third kappa shape index (κ3) is 4.16. The van der Waals surface area contributed by atoms with Crippen LogP contribution in [0.15, 0.2) is 55.1 Å². The van der Waals surface area contributed by atoms with Crippen molar-refractivity contribution in [2.45, 2.75) is 19.4 Å². The van der Waals surface area contributed by atoms with Gasteiger partial charge in [-0.05, 0) is 43.2 Å². The highest BCUT2D eigenvalue weighted by Crippen LogP contribution is 2.42. The predicted molar refractivity (Wildman–Crippen MR) is 118 cm³/mol. The first-order chi connectivity index (χ1) is 13.0. The number of anilines is 1. The van der Waals surface area contributed by atoms with Gasteiger partial charge in [-0.1, -0.05) is 30.4 Å². The molecular formula is C23H27NO2S. The van der Waals surface area contributed by atoms with Crippen molar-refractivity contribution in [3.8, 4) is 22.6 Å². The highest BCUT2D eigenvalue weighted by molar-refractivity contribution is 7.99. The molecule has 1 aliphatic heterocycles. The van der Waals surface area contributed by atoms with E-state index in [2.05, 4.69) is 56.1 Å². The average Bonchev–Trinajstić information content (AvgIpc) is 2.66. The van der Waals surface area contributed by atoms with E-state index in [1.165, 1.54) is 16.8 Å². The monoisotopic (exact) mass is 381 g/mol. The zero-order chi connectivity index (χ0) is 19.4. The van der Waals surface area contributed by atoms with Crippen LogP contribution in [-0.4, -0.2) is 31.3 Å². The number of methoxy groups -OCH3 is 2. The van der Waals surface area contributed by atoms with Gasteiger partial charge < -0.3 is 14.8 Å². The molecule has 0 fully saturated rings. The van der Waals surface area contributed by atoms with Crippen LogP contribution in [0.2, 0.25) is 0 Å². The van der Waals surface area contributed by atoms with E-state index in [1.54, 1.807) is 14.2 Å². The molecule has 2 aromatic rings. The molecule has 0 atom stereocenters. The average molecular weight is 382 g/mol. The summed E-state index contributed by atoms with van der Waals surface area (Å²) in [6.07, 6.45) is 4.29. The molecule has 0 amide bonds. The Morgan fingerprint density at radius 3 is 2.63 bits per heavy atom. The fourth-order valence-electron chi connectivity index (χ4n) is 3.47. The second-order valence-corrected chi connectivity index (χ2v) is 8.15. The van der Waals surface area contributed by atoms with Crippen molar-refractivity contribution in [1.82, 2.24) is 0 Å². The molecule has 27 heavy (non-hydrogen) atoms. The molecule has 0 aliphatic carbocycles. The predicted octanol–water partition coefficient (Wildman–Crippen LogP) is 5.88. The number of hydrogen-bond acceptors (Lipinski definition) is 4. The zero-order valence-corrected chi connectivity index (χ0v) is 17.3. The molecule has 3 nitrogen and oxygen atoms in total. The Morgan fingerprint density at radius 1 is 1.11 bits per heavy atom. The van der Waals surface area contributed by atoms with Crippen LogP contribution in [0.3, 0.4) is 0 Å². The first kappa shape index (κ1) is 19.4. The maximum Gasteiger partial charge on any atom is 0.168 e. The van der Waals surface area contributed by atoms with Gasteiger partial charge in [-0.15, -0.1) is 6.58 Å². The van der Waals surface area contributed by atoms with Gasteiger partial charge in [0.1, 0.15) is 0 Å². The van der Waals surface area contributed by atoms with E-state index in [1.807, 2.05) is 30.0 Å². The van der Waals surface area contributed by atoms with Gasteiger partial charge in [0.25, 0.3) is 0 Å². The quantitative estimate of drug-likeness (QED) is 0.479. The van der Waals surface area contributed by atoms with E-state index in [4.69, 9.17) is 9.47 Å². The first-order valence-corrected chi connectivity index (χ1v) is 10.2. The highest BCUT2D eigenvalue weighted by atomic mass is 32.2. The molecule has 0 saturated heterocycles. The number of rotatable bonds is 7. The van der Waals surface area contributed by atoms with Crippen molar-refractivity contribution in [2.24, 2.45) is 0 Å². The van der Waals surface area contributed by atoms with Gasteiger partial charge in [0.15, 0.2) is 11.5 Å². The summed E-state index contributed by atoms with van der Waals surface area (Å²) in [6.45, 7) is 8.23. The Labute approximate surface area is 166 Å². The zero-order valence-electron chi connectivity index (χ0n) is 16.5. The summed E-state index contributed by atoms with van der Waals surface area (Å²) in [7, 11) is 3.35. The van der Waals surface area contributed by atoms with Crippen molar-refractivity contribution in [1.29, 1.82) is 0 Å². The molecule has 0 aromatic heterocycles. The maximum atomic E-state index is 5.63. The van der Waals surface area contributed by atoms with E-state index in [0.717, 1.165) is 34.1 Å². The van der Waals surface area contributed by atoms with E-state index in [0.29, 0.717) is 0 Å². The van der Waals surface area contributed by atoms with Crippen LogP contribution >= 0.6 is 11.8 Å². The van der Waals surface area contributed by atoms with Crippen molar-refractivity contribution < 1.29 is 9.47 Å². The number of para-hydroxylation sites is 1. The van der Waals surface area contributed by atoms with Gasteiger partial charge >= 0.3 is 0 Å². The van der Waals surface area contributed by atoms with Crippen molar-refractivity contribution in [3.05, 3.63) is 60.7 Å². The van der Waals surface area contributed by atoms with Gasteiger partial charge in [-0.3, -0.25) is 0 Å². The van der Waals surface area contributed by atoms with Crippen molar-refractivity contribution in [2.75, 3.05) is 31.0 Å². The maximum absolute atomic E-state index is 5.63. The molecule has 142 valence electrons. The molecule has 0 spiro atoms. The normalized spacial score (nSPS) is 14.6. The molecule has 4 heteroatoms. The molecule has 0 unspecified atom stereocenters. The second-order valence-electron chi connectivity index (χ2n) is 7.12. The lowest BCUT2D eigenvalue weighted by Gasteiger charge is -2.32. The van der Waals surface area contributed by atoms with E-state index in [9.17, 15) is 0 Å². The molecule has 0 bridgehead atoms. The number of hydrogen-bond donors (Lipinski definition) is 1. The number of ether oxygens (including phenoxy) is 2. The molecule has 1 N–H and O–H groups in total. The number of fused-ring (bicyclic) bond motifs is 1. The minimum Gasteiger partial charge on any atom is -0.493 e. The standard InChI is InChI=1S/C23H27NO2S/c1-6-12-27-15-17-14-23(2,3)24-20-11-10-16(13-19(17)20)18-8-7-9-21(25-4)22(18)26-5/h6-11,13-14,24H,1,12,15H2,2-5H3. The molecule has 1 aliphatic rings. The van der Waals surface area contributed by atoms with Crippen LogP contribution in [0.5, 0.6) is 11.5 Å². The molecule has 3 rings (SSSR count). The minimum atomic E-state index is -0.0632. The summed E-state index contributed by atoms with van der Waals surface area (Å²) >= 11 is 1.88. The topological polar surface area (TPSA) is 30.5 Å². The van der Waals surface area contributed by atoms with E-state index >= 15 is 0 Å². The molecular weight excluding hydrogens is 354 g/mol. The fourth-order valence-corrected chi connectivity index (χ4v) is 4.21. The molecule has 0 radical (unpaired) electrons. The van der Waals surface area contributed by atoms with Crippen molar-refractivity contribution >= 4 is 23.0 Å². The largest absolute Gasteiger partial charge is 0.493 e. The Morgan fingerprint density at radius 2 is 1.93 bits per heavy atom. The number of benzene rings is 2. The van der Waals surface area contributed by atoms with Gasteiger partial charge in [-0.2, -0.15) is 11.8 Å². The Kier molecular flexibility index (Phi) is 5.85. The van der Waals surface area contributed by atoms with Crippen LogP contribution in [0.1, 0.15) is 19.4 Å². The SMILES string of the molecule is C=CCSCC1=CC(C)(C)Nc2ccc(-c3cccc(OC)c3OC)cc21. The number of thioether (sulfide) groups is 1. The van der Waals surface area contributed by atoms with Gasteiger partial charge in [-0.25, -0.2) is 0 Å². The second kappa shape index (κ2) is 8.13. The third-order valence-electron chi connectivity index (χ3n) is 4.56. The van der Waals surface area contributed by atoms with Gasteiger partial charge in [0.2, 0.25) is 0 Å². The Hall–Kier alpha value is -2.33. The number of nitrogens with one attached hydrogen (secondary N) is 1. The summed E-state index contributed by atoms with van der Waals surface area (Å²) in [6, 6.07) is 12.5. The van der Waals surface area contributed by atoms with Crippen LogP contribution in [0.4, 0.5) is 5.69 Å². The smallest absolute Gasteiger partial charge is 0.168 e. The lowest BCUT2D eigenvalue weighted by molar-refractivity contribution is 0.356. The van der Waals surface area contributed by atoms with Gasteiger partial charge in [0.05, 0.1) is 19.8 Å². The summed E-state index contributed by atoms with van der Waals surface area (Å²) in [5.41, 5.74) is 5.85. The van der Waals surface area contributed by atoms with E-state index in [-0.39, 0.29) is 5.54 Å². The van der Waals surface area contributed by atoms with Crippen LogP contribution in [-0.2, 0) is 0 Å². The molecule has 0 saturated carbocycles. The van der Waals surface area contributed by atoms with Crippen LogP contribution in [0, 0.1) is 0 Å². The minimum absolute atomic E-state index is 0.0632. The van der Waals surface area contributed by atoms with Crippen LogP contribution in [0.25, 0.3) is 16.7 Å². The molecule has 2 aromatic carbocycles. The lowest BCUT2D eigenvalue weighted by atomic mass is 9.89. The van der Waals surface area contributed by atoms with Crippen molar-refractivity contribution in [3.63, 3.8) is 0 Å². The summed E-state index contributed by atoms with van der Waals surface area (Å²) in [5.74, 6) is 3.41. The summed E-state index contributed by atoms with van der Waals surface area (Å²) in [4.78, 5) is 0. The lowest BCUT2D eigenvalue weighted by Crippen LogP contribution is -2.32. The fraction of sp³-hybridized carbons (Fsp3) is 0.304. The van der Waals surface area contributed by atoms with E-state index < -0.39 is 0 Å². The first-order valence-electron chi connectivity index (χ1n) is 9.03. The Balaban J connectivity index is 2.06. The third-order valence-corrected chi connectivity index (χ3v) is 5.55. The molecule has 1 heterocycles. The highest BCUT2D eigenvalue weighted by Gasteiger charge is 2.25. The van der Waals surface area contributed by atoms with Gasteiger partial charge in [0, 0.05) is 28.3 Å². The summed E-state index contributed by atoms with van der Waals surface area (Å²) < 4.78 is 11.1. The van der Waals surface area contributed by atoms with Crippen LogP contribution < -0.4 is 14.8 Å². The Bertz CT molecular complexity index is 871. The summed E-state index contributed by atoms with van der Waals surface area (Å²) in [5, 5.41) is 3.62.